The normalized spacial score (nSPS) is 15.0. The summed E-state index contributed by atoms with van der Waals surface area (Å²) in [5, 5.41) is 14.5. The Balaban J connectivity index is 1.91. The molecule has 182 valence electrons. The van der Waals surface area contributed by atoms with Gasteiger partial charge in [0.15, 0.2) is 0 Å². The molecule has 0 saturated carbocycles. The van der Waals surface area contributed by atoms with Gasteiger partial charge in [-0.2, -0.15) is 10.4 Å². The Kier molecular flexibility index (Phi) is 7.48. The van der Waals surface area contributed by atoms with Gasteiger partial charge in [0.1, 0.15) is 23.1 Å². The first-order chi connectivity index (χ1) is 17.4. The van der Waals surface area contributed by atoms with Crippen molar-refractivity contribution >= 4 is 33.8 Å². The number of amides is 2. The predicted molar refractivity (Wildman–Crippen MR) is 138 cm³/mol. The molecule has 0 fully saturated rings. The molecule has 0 bridgehead atoms. The number of hydrogen-bond donors (Lipinski definition) is 0. The third kappa shape index (κ3) is 4.73. The quantitative estimate of drug-likeness (QED) is 0.318. The van der Waals surface area contributed by atoms with Gasteiger partial charge >= 0.3 is 0 Å². The first-order valence-electron chi connectivity index (χ1n) is 11.1. The van der Waals surface area contributed by atoms with E-state index >= 15 is 0 Å². The van der Waals surface area contributed by atoms with Crippen LogP contribution >= 0.6 is 15.9 Å². The number of halogens is 1. The van der Waals surface area contributed by atoms with Crippen molar-refractivity contribution < 1.29 is 19.1 Å². The van der Waals surface area contributed by atoms with Crippen molar-refractivity contribution in [1.29, 1.82) is 5.26 Å². The fourth-order valence-electron chi connectivity index (χ4n) is 3.91. The maximum atomic E-state index is 13.4. The van der Waals surface area contributed by atoms with Gasteiger partial charge in [-0.15, -0.1) is 0 Å². The number of nitrogens with zero attached hydrogens (tertiary/aromatic N) is 4. The minimum atomic E-state index is -0.617. The van der Waals surface area contributed by atoms with Crippen molar-refractivity contribution in [3.63, 3.8) is 0 Å². The first kappa shape index (κ1) is 25.1. The number of carbonyl (C=O) groups is 2. The zero-order chi connectivity index (χ0) is 25.8. The van der Waals surface area contributed by atoms with Gasteiger partial charge in [-0.25, -0.2) is 4.68 Å². The third-order valence-corrected chi connectivity index (χ3v) is 6.45. The van der Waals surface area contributed by atoms with Crippen LogP contribution in [0.3, 0.4) is 0 Å². The Morgan fingerprint density at radius 2 is 1.86 bits per heavy atom. The van der Waals surface area contributed by atoms with Gasteiger partial charge in [0.05, 0.1) is 30.4 Å². The molecule has 0 N–H and O–H groups in total. The monoisotopic (exact) mass is 546 g/mol. The molecule has 9 heteroatoms. The second kappa shape index (κ2) is 10.7. The molecular formula is C27H23BrN4O4. The van der Waals surface area contributed by atoms with Gasteiger partial charge in [0.25, 0.3) is 11.8 Å². The molecule has 8 nitrogen and oxygen atoms in total. The largest absolute Gasteiger partial charge is 0.496 e. The molecule has 0 spiro atoms. The van der Waals surface area contributed by atoms with Gasteiger partial charge in [0.2, 0.25) is 0 Å². The number of nitriles is 1. The first-order valence-corrected chi connectivity index (χ1v) is 11.9. The number of hydrogen-bond acceptors (Lipinski definition) is 6. The number of ether oxygens (including phenoxy) is 2. The average Bonchev–Trinajstić information content (AvgIpc) is 3.31. The minimum absolute atomic E-state index is 0.0472. The number of carbonyl (C=O) groups excluding carboxylic acids is 2. The molecule has 4 rings (SSSR count). The number of rotatable bonds is 7. The molecule has 0 saturated heterocycles. The third-order valence-electron chi connectivity index (χ3n) is 5.83. The lowest BCUT2D eigenvalue weighted by Gasteiger charge is -2.27. The highest BCUT2D eigenvalue weighted by Gasteiger charge is 2.35. The summed E-state index contributed by atoms with van der Waals surface area (Å²) >= 11 is 3.53. The average molecular weight is 547 g/mol. The summed E-state index contributed by atoms with van der Waals surface area (Å²) in [5.74, 6) is -0.426. The fourth-order valence-corrected chi connectivity index (χ4v) is 4.46. The second-order valence-electron chi connectivity index (χ2n) is 7.99. The van der Waals surface area contributed by atoms with Crippen LogP contribution in [0.5, 0.6) is 5.75 Å². The Labute approximate surface area is 217 Å². The fraction of sp³-hybridized carbons (Fsp3) is 0.185. The van der Waals surface area contributed by atoms with Crippen LogP contribution in [0.1, 0.15) is 12.5 Å². The SMILES string of the molecule is COCCN1C(=O)C(C#N)=C(C)/C(=C\c2cn(-c3ccccc3)nc2-c2ccc(OC)c(Br)c2)C1=O. The predicted octanol–water partition coefficient (Wildman–Crippen LogP) is 4.55. The van der Waals surface area contributed by atoms with Crippen LogP contribution < -0.4 is 4.74 Å². The number of para-hydroxylation sites is 1. The molecule has 0 radical (unpaired) electrons. The molecule has 0 unspecified atom stereocenters. The summed E-state index contributed by atoms with van der Waals surface area (Å²) in [6, 6.07) is 17.1. The minimum Gasteiger partial charge on any atom is -0.496 e. The van der Waals surface area contributed by atoms with E-state index in [1.807, 2.05) is 60.8 Å². The zero-order valence-corrected chi connectivity index (χ0v) is 21.6. The van der Waals surface area contributed by atoms with Crippen LogP contribution in [0, 0.1) is 11.3 Å². The van der Waals surface area contributed by atoms with Crippen LogP contribution in [-0.4, -0.2) is 53.9 Å². The van der Waals surface area contributed by atoms with Crippen LogP contribution in [0.15, 0.2) is 75.9 Å². The van der Waals surface area contributed by atoms with E-state index in [9.17, 15) is 14.9 Å². The summed E-state index contributed by atoms with van der Waals surface area (Å²) < 4.78 is 12.9. The highest BCUT2D eigenvalue weighted by atomic mass is 79.9. The summed E-state index contributed by atoms with van der Waals surface area (Å²) in [5.41, 5.74) is 3.42. The Hall–Kier alpha value is -4.00. The van der Waals surface area contributed by atoms with Gasteiger partial charge in [-0.1, -0.05) is 18.2 Å². The number of imide groups is 1. The molecule has 1 aliphatic heterocycles. The van der Waals surface area contributed by atoms with Gasteiger partial charge in [0, 0.05) is 30.0 Å². The van der Waals surface area contributed by atoms with Crippen LogP contribution in [0.2, 0.25) is 0 Å². The molecule has 36 heavy (non-hydrogen) atoms. The van der Waals surface area contributed by atoms with Crippen molar-refractivity contribution in [3.8, 4) is 28.8 Å². The molecule has 2 heterocycles. The molecule has 3 aromatic rings. The Morgan fingerprint density at radius 1 is 1.11 bits per heavy atom. The standard InChI is InChI=1S/C27H23BrN4O4/c1-17-21(26(33)31(11-12-35-2)27(34)22(17)15-29)13-19-16-32(20-7-5-4-6-8-20)30-25(19)18-9-10-24(36-3)23(28)14-18/h4-10,13-14,16H,11-12H2,1-3H3/b21-13+. The van der Waals surface area contributed by atoms with Crippen LogP contribution in [0.25, 0.3) is 23.0 Å². The van der Waals surface area contributed by atoms with E-state index in [1.54, 1.807) is 24.8 Å². The Morgan fingerprint density at radius 3 is 2.50 bits per heavy atom. The van der Waals surface area contributed by atoms with E-state index in [2.05, 4.69) is 15.9 Å². The lowest BCUT2D eigenvalue weighted by atomic mass is 9.93. The van der Waals surface area contributed by atoms with E-state index in [0.29, 0.717) is 22.6 Å². The van der Waals surface area contributed by atoms with E-state index in [-0.39, 0.29) is 24.3 Å². The van der Waals surface area contributed by atoms with Crippen molar-refractivity contribution in [2.45, 2.75) is 6.92 Å². The number of benzene rings is 2. The second-order valence-corrected chi connectivity index (χ2v) is 8.84. The molecule has 1 aromatic heterocycles. The number of methoxy groups -OCH3 is 2. The highest BCUT2D eigenvalue weighted by molar-refractivity contribution is 9.10. The molecule has 2 amide bonds. The maximum absolute atomic E-state index is 13.4. The smallest absolute Gasteiger partial charge is 0.271 e. The van der Waals surface area contributed by atoms with Crippen molar-refractivity contribution in [3.05, 3.63) is 81.5 Å². The van der Waals surface area contributed by atoms with E-state index < -0.39 is 11.8 Å². The highest BCUT2D eigenvalue weighted by Crippen LogP contribution is 2.34. The molecule has 0 atom stereocenters. The molecule has 0 aliphatic carbocycles. The van der Waals surface area contributed by atoms with Crippen LogP contribution in [-0.2, 0) is 14.3 Å². The van der Waals surface area contributed by atoms with Crippen molar-refractivity contribution in [2.24, 2.45) is 0 Å². The maximum Gasteiger partial charge on any atom is 0.271 e. The van der Waals surface area contributed by atoms with Crippen molar-refractivity contribution in [2.75, 3.05) is 27.4 Å². The lowest BCUT2D eigenvalue weighted by molar-refractivity contribution is -0.141. The molecule has 2 aromatic carbocycles. The van der Waals surface area contributed by atoms with Crippen molar-refractivity contribution in [1.82, 2.24) is 14.7 Å². The topological polar surface area (TPSA) is 97.5 Å². The van der Waals surface area contributed by atoms with Gasteiger partial charge in [-0.3, -0.25) is 14.5 Å². The summed E-state index contributed by atoms with van der Waals surface area (Å²) in [4.78, 5) is 27.2. The Bertz CT molecular complexity index is 1430. The molecule has 1 aliphatic rings. The van der Waals surface area contributed by atoms with Gasteiger partial charge in [-0.05, 0) is 64.8 Å². The summed E-state index contributed by atoms with van der Waals surface area (Å²) in [6.07, 6.45) is 3.50. The lowest BCUT2D eigenvalue weighted by Crippen LogP contribution is -2.44. The van der Waals surface area contributed by atoms with Gasteiger partial charge < -0.3 is 9.47 Å². The van der Waals surface area contributed by atoms with E-state index in [1.165, 1.54) is 7.11 Å². The summed E-state index contributed by atoms with van der Waals surface area (Å²) in [6.45, 7) is 1.82. The molecular weight excluding hydrogens is 524 g/mol. The number of aromatic nitrogens is 2. The zero-order valence-electron chi connectivity index (χ0n) is 20.0. The van der Waals surface area contributed by atoms with Crippen LogP contribution in [0.4, 0.5) is 0 Å². The summed E-state index contributed by atoms with van der Waals surface area (Å²) in [7, 11) is 3.08. The van der Waals surface area contributed by atoms with E-state index in [4.69, 9.17) is 14.6 Å². The van der Waals surface area contributed by atoms with E-state index in [0.717, 1.165) is 20.6 Å².